The van der Waals surface area contributed by atoms with Crippen LogP contribution in [0.4, 0.5) is 0 Å². The monoisotopic (exact) mass is 316 g/mol. The molecular formula is C14H32N6O2. The highest BCUT2D eigenvalue weighted by Crippen LogP contribution is 1.97. The number of hydrogen-bond donors (Lipinski definition) is 6. The first-order valence-electron chi connectivity index (χ1n) is 7.85. The van der Waals surface area contributed by atoms with Crippen LogP contribution in [0.15, 0.2) is 0 Å². The average Bonchev–Trinajstić information content (AvgIpc) is 2.52. The maximum Gasteiger partial charge on any atom is 0.237 e. The second kappa shape index (κ2) is 13.4. The molecule has 8 heteroatoms. The lowest BCUT2D eigenvalue weighted by atomic mass is 10.1. The van der Waals surface area contributed by atoms with Crippen LogP contribution in [0.1, 0.15) is 19.3 Å². The minimum Gasteiger partial charge on any atom is -0.355 e. The van der Waals surface area contributed by atoms with Crippen LogP contribution < -0.4 is 32.3 Å². The molecule has 7 N–H and O–H groups in total. The number of carbonyl (C=O) groups excluding carboxylic acids is 2. The number of nitrogens with one attached hydrogen (secondary N) is 5. The van der Waals surface area contributed by atoms with Gasteiger partial charge in [-0.1, -0.05) is 0 Å². The maximum atomic E-state index is 12.0. The normalized spacial score (nSPS) is 13.5. The van der Waals surface area contributed by atoms with E-state index in [4.69, 9.17) is 5.73 Å². The number of likely N-dealkylation sites (N-methyl/N-ethyl adjacent to an activating group) is 3. The molecule has 0 radical (unpaired) electrons. The van der Waals surface area contributed by atoms with Crippen molar-refractivity contribution in [3.05, 3.63) is 0 Å². The summed E-state index contributed by atoms with van der Waals surface area (Å²) in [5, 5.41) is 14.6. The van der Waals surface area contributed by atoms with Crippen molar-refractivity contribution in [1.82, 2.24) is 26.6 Å². The highest BCUT2D eigenvalue weighted by atomic mass is 16.2. The Labute approximate surface area is 133 Å². The zero-order valence-corrected chi connectivity index (χ0v) is 14.0. The first-order chi connectivity index (χ1) is 10.6. The van der Waals surface area contributed by atoms with Gasteiger partial charge in [-0.05, 0) is 47.0 Å². The van der Waals surface area contributed by atoms with Crippen LogP contribution in [-0.2, 0) is 9.59 Å². The second-order valence-electron chi connectivity index (χ2n) is 5.09. The minimum atomic E-state index is -0.311. The van der Waals surface area contributed by atoms with E-state index in [1.165, 1.54) is 0 Å². The first-order valence-corrected chi connectivity index (χ1v) is 7.85. The van der Waals surface area contributed by atoms with Gasteiger partial charge in [0, 0.05) is 19.6 Å². The molecule has 22 heavy (non-hydrogen) atoms. The smallest absolute Gasteiger partial charge is 0.237 e. The summed E-state index contributed by atoms with van der Waals surface area (Å²) < 4.78 is 0. The number of amides is 2. The Morgan fingerprint density at radius 2 is 1.41 bits per heavy atom. The fourth-order valence-corrected chi connectivity index (χ4v) is 2.03. The Kier molecular flexibility index (Phi) is 12.7. The molecule has 0 aromatic heterocycles. The molecule has 0 saturated carbocycles. The molecular weight excluding hydrogens is 284 g/mol. The molecule has 0 aromatic carbocycles. The maximum absolute atomic E-state index is 12.0. The summed E-state index contributed by atoms with van der Waals surface area (Å²) in [6, 6.07) is -0.546. The Bertz CT molecular complexity index is 314. The van der Waals surface area contributed by atoms with Gasteiger partial charge >= 0.3 is 0 Å². The summed E-state index contributed by atoms with van der Waals surface area (Å²) in [5.74, 6) is -0.110. The molecule has 0 fully saturated rings. The summed E-state index contributed by atoms with van der Waals surface area (Å²) in [7, 11) is 5.33. The molecule has 0 aromatic rings. The van der Waals surface area contributed by atoms with Gasteiger partial charge in [-0.15, -0.1) is 0 Å². The summed E-state index contributed by atoms with van der Waals surface area (Å²) in [4.78, 5) is 23.9. The van der Waals surface area contributed by atoms with Gasteiger partial charge < -0.3 is 32.3 Å². The Balaban J connectivity index is 4.06. The van der Waals surface area contributed by atoms with Crippen LogP contribution in [0.25, 0.3) is 0 Å². The van der Waals surface area contributed by atoms with Crippen molar-refractivity contribution in [2.24, 2.45) is 5.73 Å². The first kappa shape index (κ1) is 20.8. The molecule has 0 aliphatic carbocycles. The average molecular weight is 316 g/mol. The molecule has 0 bridgehead atoms. The predicted octanol–water partition coefficient (Wildman–Crippen LogP) is -2.26. The summed E-state index contributed by atoms with van der Waals surface area (Å²) in [6.45, 7) is 2.33. The SMILES string of the molecule is CNCCNC(=O)[C@H](CCNC(=O)C(CCCN)NC)NC. The van der Waals surface area contributed by atoms with Gasteiger partial charge in [-0.25, -0.2) is 0 Å². The van der Waals surface area contributed by atoms with Crippen LogP contribution in [0, 0.1) is 0 Å². The fraction of sp³-hybridized carbons (Fsp3) is 0.857. The molecule has 0 aliphatic heterocycles. The number of nitrogens with two attached hydrogens (primary N) is 1. The zero-order valence-electron chi connectivity index (χ0n) is 14.0. The van der Waals surface area contributed by atoms with Gasteiger partial charge in [-0.2, -0.15) is 0 Å². The fourth-order valence-electron chi connectivity index (χ4n) is 2.03. The van der Waals surface area contributed by atoms with Crippen molar-refractivity contribution in [1.29, 1.82) is 0 Å². The van der Waals surface area contributed by atoms with Crippen molar-refractivity contribution in [3.63, 3.8) is 0 Å². The highest BCUT2D eigenvalue weighted by molar-refractivity contribution is 5.83. The molecule has 130 valence electrons. The van der Waals surface area contributed by atoms with E-state index < -0.39 is 0 Å². The van der Waals surface area contributed by atoms with Gasteiger partial charge in [0.15, 0.2) is 0 Å². The van der Waals surface area contributed by atoms with E-state index in [2.05, 4.69) is 26.6 Å². The van der Waals surface area contributed by atoms with E-state index in [1.54, 1.807) is 14.1 Å². The van der Waals surface area contributed by atoms with Gasteiger partial charge in [0.25, 0.3) is 0 Å². The second-order valence-corrected chi connectivity index (χ2v) is 5.09. The number of hydrogen-bond acceptors (Lipinski definition) is 6. The lowest BCUT2D eigenvalue weighted by Gasteiger charge is -2.18. The van der Waals surface area contributed by atoms with Crippen molar-refractivity contribution in [2.45, 2.75) is 31.3 Å². The van der Waals surface area contributed by atoms with Gasteiger partial charge in [-0.3, -0.25) is 9.59 Å². The molecule has 0 rings (SSSR count). The Hall–Kier alpha value is -1.22. The van der Waals surface area contributed by atoms with Crippen molar-refractivity contribution in [3.8, 4) is 0 Å². The third-order valence-electron chi connectivity index (χ3n) is 3.43. The van der Waals surface area contributed by atoms with Gasteiger partial charge in [0.1, 0.15) is 0 Å². The zero-order chi connectivity index (χ0) is 16.8. The topological polar surface area (TPSA) is 120 Å². The van der Waals surface area contributed by atoms with Crippen molar-refractivity contribution in [2.75, 3.05) is 47.3 Å². The van der Waals surface area contributed by atoms with Gasteiger partial charge in [0.2, 0.25) is 11.8 Å². The van der Waals surface area contributed by atoms with Crippen LogP contribution in [0.5, 0.6) is 0 Å². The molecule has 2 amide bonds. The standard InChI is InChI=1S/C14H32N6O2/c1-16-9-10-20-14(22)12(18-3)6-8-19-13(21)11(17-2)5-4-7-15/h11-12,16-18H,4-10,15H2,1-3H3,(H,19,21)(H,20,22)/t11?,12-/m0/s1. The summed E-state index contributed by atoms with van der Waals surface area (Å²) >= 11 is 0. The molecule has 8 nitrogen and oxygen atoms in total. The summed E-state index contributed by atoms with van der Waals surface area (Å²) in [5.41, 5.74) is 5.46. The van der Waals surface area contributed by atoms with E-state index in [9.17, 15) is 9.59 Å². The molecule has 0 spiro atoms. The molecule has 0 aliphatic rings. The van der Waals surface area contributed by atoms with E-state index in [1.807, 2.05) is 7.05 Å². The number of carbonyl (C=O) groups is 2. The van der Waals surface area contributed by atoms with Crippen LogP contribution >= 0.6 is 0 Å². The van der Waals surface area contributed by atoms with E-state index >= 15 is 0 Å². The van der Waals surface area contributed by atoms with E-state index in [-0.39, 0.29) is 23.9 Å². The van der Waals surface area contributed by atoms with Crippen LogP contribution in [0.3, 0.4) is 0 Å². The van der Waals surface area contributed by atoms with Crippen molar-refractivity contribution >= 4 is 11.8 Å². The van der Waals surface area contributed by atoms with E-state index in [0.717, 1.165) is 13.0 Å². The summed E-state index contributed by atoms with van der Waals surface area (Å²) in [6.07, 6.45) is 2.05. The van der Waals surface area contributed by atoms with E-state index in [0.29, 0.717) is 32.5 Å². The molecule has 0 saturated heterocycles. The minimum absolute atomic E-state index is 0.0543. The molecule has 0 heterocycles. The quantitative estimate of drug-likeness (QED) is 0.213. The van der Waals surface area contributed by atoms with Crippen LogP contribution in [0.2, 0.25) is 0 Å². The third kappa shape index (κ3) is 8.93. The highest BCUT2D eigenvalue weighted by Gasteiger charge is 2.18. The lowest BCUT2D eigenvalue weighted by molar-refractivity contribution is -0.125. The van der Waals surface area contributed by atoms with Crippen molar-refractivity contribution < 1.29 is 9.59 Å². The third-order valence-corrected chi connectivity index (χ3v) is 3.43. The largest absolute Gasteiger partial charge is 0.355 e. The Morgan fingerprint density at radius 3 is 1.91 bits per heavy atom. The van der Waals surface area contributed by atoms with Crippen LogP contribution in [-0.4, -0.2) is 71.2 Å². The number of rotatable bonds is 13. The predicted molar refractivity (Wildman–Crippen MR) is 88.5 cm³/mol. The lowest BCUT2D eigenvalue weighted by Crippen LogP contribution is -2.47. The molecule has 2 atom stereocenters. The molecule has 1 unspecified atom stereocenters. The van der Waals surface area contributed by atoms with Gasteiger partial charge in [0.05, 0.1) is 12.1 Å². The Morgan fingerprint density at radius 1 is 0.864 bits per heavy atom.